The summed E-state index contributed by atoms with van der Waals surface area (Å²) in [6.07, 6.45) is 0. The highest BCUT2D eigenvalue weighted by molar-refractivity contribution is 7.89. The summed E-state index contributed by atoms with van der Waals surface area (Å²) in [5, 5.41) is 2.58. The van der Waals surface area contributed by atoms with Crippen molar-refractivity contribution < 1.29 is 21.6 Å². The van der Waals surface area contributed by atoms with E-state index in [9.17, 15) is 21.6 Å². The number of amides is 1. The molecule has 0 bridgehead atoms. The number of nitrogens with one attached hydrogen (secondary N) is 1. The summed E-state index contributed by atoms with van der Waals surface area (Å²) in [7, 11) is -3.11. The van der Waals surface area contributed by atoms with Gasteiger partial charge in [0, 0.05) is 32.7 Å². The lowest BCUT2D eigenvalue weighted by Crippen LogP contribution is -2.33. The Kier molecular flexibility index (Phi) is 6.84. The van der Waals surface area contributed by atoms with Crippen molar-refractivity contribution in [3.05, 3.63) is 54.1 Å². The minimum atomic E-state index is -3.75. The van der Waals surface area contributed by atoms with Crippen LogP contribution < -0.4 is 5.32 Å². The van der Waals surface area contributed by atoms with Crippen LogP contribution in [-0.2, 0) is 20.0 Å². The average molecular weight is 440 g/mol. The van der Waals surface area contributed by atoms with Crippen molar-refractivity contribution >= 4 is 31.6 Å². The van der Waals surface area contributed by atoms with Crippen LogP contribution in [0.1, 0.15) is 24.2 Å². The van der Waals surface area contributed by atoms with Gasteiger partial charge in [0.2, 0.25) is 20.0 Å². The number of benzene rings is 2. The van der Waals surface area contributed by atoms with Gasteiger partial charge >= 0.3 is 0 Å². The second-order valence-corrected chi connectivity index (χ2v) is 11.0. The van der Waals surface area contributed by atoms with Gasteiger partial charge in [-0.25, -0.2) is 21.1 Å². The van der Waals surface area contributed by atoms with Gasteiger partial charge in [-0.05, 0) is 50.2 Å². The number of sulfonamides is 2. The molecule has 0 unspecified atom stereocenters. The molecule has 0 saturated carbocycles. The lowest BCUT2D eigenvalue weighted by molar-refractivity contribution is 0.102. The molecule has 158 valence electrons. The molecule has 1 amide bonds. The van der Waals surface area contributed by atoms with Crippen LogP contribution in [0.5, 0.6) is 0 Å². The largest absolute Gasteiger partial charge is 0.321 e. The van der Waals surface area contributed by atoms with E-state index in [0.717, 1.165) is 4.31 Å². The standard InChI is InChI=1S/C19H25N3O5S2/c1-14(2)22(5)28(24,25)16-12-10-15(11-13-16)19(23)20-17-8-6-7-9-18(17)29(26,27)21(3)4/h6-14H,1-5H3,(H,20,23). The summed E-state index contributed by atoms with van der Waals surface area (Å²) in [4.78, 5) is 12.6. The van der Waals surface area contributed by atoms with Crippen molar-refractivity contribution in [2.45, 2.75) is 29.7 Å². The van der Waals surface area contributed by atoms with Gasteiger partial charge in [0.15, 0.2) is 0 Å². The molecule has 0 atom stereocenters. The number of hydrogen-bond acceptors (Lipinski definition) is 5. The fraction of sp³-hybridized carbons (Fsp3) is 0.316. The summed E-state index contributed by atoms with van der Waals surface area (Å²) in [6, 6.07) is 11.3. The molecule has 0 aliphatic carbocycles. The molecular weight excluding hydrogens is 414 g/mol. The Morgan fingerprint density at radius 1 is 0.862 bits per heavy atom. The van der Waals surface area contributed by atoms with Gasteiger partial charge in [0.05, 0.1) is 10.6 Å². The molecule has 2 aromatic carbocycles. The van der Waals surface area contributed by atoms with Crippen molar-refractivity contribution in [2.75, 3.05) is 26.5 Å². The number of carbonyl (C=O) groups is 1. The lowest BCUT2D eigenvalue weighted by Gasteiger charge is -2.21. The lowest BCUT2D eigenvalue weighted by atomic mass is 10.2. The van der Waals surface area contributed by atoms with Crippen LogP contribution in [0.3, 0.4) is 0 Å². The van der Waals surface area contributed by atoms with Gasteiger partial charge in [0.25, 0.3) is 5.91 Å². The minimum absolute atomic E-state index is 0.0314. The SMILES string of the molecule is CC(C)N(C)S(=O)(=O)c1ccc(C(=O)Nc2ccccc2S(=O)(=O)N(C)C)cc1. The fourth-order valence-electron chi connectivity index (χ4n) is 2.41. The summed E-state index contributed by atoms with van der Waals surface area (Å²) >= 11 is 0. The van der Waals surface area contributed by atoms with Gasteiger partial charge in [-0.1, -0.05) is 12.1 Å². The molecular formula is C19H25N3O5S2. The zero-order valence-electron chi connectivity index (χ0n) is 16.9. The molecule has 0 spiro atoms. The highest BCUT2D eigenvalue weighted by Gasteiger charge is 2.24. The molecule has 0 fully saturated rings. The van der Waals surface area contributed by atoms with Crippen molar-refractivity contribution in [1.29, 1.82) is 0 Å². The van der Waals surface area contributed by atoms with Crippen molar-refractivity contribution in [3.63, 3.8) is 0 Å². The molecule has 1 N–H and O–H groups in total. The summed E-state index contributed by atoms with van der Waals surface area (Å²) in [5.41, 5.74) is 0.343. The van der Waals surface area contributed by atoms with Crippen LogP contribution in [0.25, 0.3) is 0 Å². The number of carbonyl (C=O) groups excluding carboxylic acids is 1. The highest BCUT2D eigenvalue weighted by atomic mass is 32.2. The molecule has 0 saturated heterocycles. The molecule has 0 aliphatic rings. The predicted octanol–water partition coefficient (Wildman–Crippen LogP) is 2.22. The molecule has 0 aromatic heterocycles. The van der Waals surface area contributed by atoms with Gasteiger partial charge in [0.1, 0.15) is 4.90 Å². The fourth-order valence-corrected chi connectivity index (χ4v) is 4.82. The zero-order chi connectivity index (χ0) is 22.0. The van der Waals surface area contributed by atoms with Gasteiger partial charge in [-0.15, -0.1) is 0 Å². The normalized spacial score (nSPS) is 12.6. The maximum Gasteiger partial charge on any atom is 0.255 e. The predicted molar refractivity (Wildman–Crippen MR) is 112 cm³/mol. The third-order valence-corrected chi connectivity index (χ3v) is 8.34. The van der Waals surface area contributed by atoms with E-state index < -0.39 is 26.0 Å². The first kappa shape index (κ1) is 23.0. The van der Waals surface area contributed by atoms with E-state index >= 15 is 0 Å². The van der Waals surface area contributed by atoms with E-state index in [1.165, 1.54) is 61.8 Å². The zero-order valence-corrected chi connectivity index (χ0v) is 18.6. The van der Waals surface area contributed by atoms with Crippen LogP contribution in [0.2, 0.25) is 0 Å². The molecule has 0 radical (unpaired) electrons. The van der Waals surface area contributed by atoms with Crippen LogP contribution >= 0.6 is 0 Å². The Bertz CT molecular complexity index is 1090. The topological polar surface area (TPSA) is 104 Å². The number of para-hydroxylation sites is 1. The second-order valence-electron chi connectivity index (χ2n) is 6.88. The quantitative estimate of drug-likeness (QED) is 0.712. The van der Waals surface area contributed by atoms with E-state index in [1.54, 1.807) is 26.0 Å². The van der Waals surface area contributed by atoms with Gasteiger partial charge in [-0.3, -0.25) is 4.79 Å². The third kappa shape index (κ3) is 4.84. The average Bonchev–Trinajstić information content (AvgIpc) is 2.67. The maximum absolute atomic E-state index is 12.6. The van der Waals surface area contributed by atoms with Crippen molar-refractivity contribution in [2.24, 2.45) is 0 Å². The van der Waals surface area contributed by atoms with E-state index in [4.69, 9.17) is 0 Å². The van der Waals surface area contributed by atoms with E-state index in [1.807, 2.05) is 0 Å². The van der Waals surface area contributed by atoms with E-state index in [0.29, 0.717) is 0 Å². The summed E-state index contributed by atoms with van der Waals surface area (Å²) in [6.45, 7) is 3.52. The molecule has 2 aromatic rings. The Morgan fingerprint density at radius 2 is 1.41 bits per heavy atom. The Labute approximate surface area is 172 Å². The van der Waals surface area contributed by atoms with Crippen LogP contribution in [0.15, 0.2) is 58.3 Å². The minimum Gasteiger partial charge on any atom is -0.321 e. The van der Waals surface area contributed by atoms with Gasteiger partial charge in [-0.2, -0.15) is 4.31 Å². The molecule has 2 rings (SSSR count). The van der Waals surface area contributed by atoms with Crippen LogP contribution in [-0.4, -0.2) is 58.5 Å². The first-order valence-electron chi connectivity index (χ1n) is 8.80. The summed E-state index contributed by atoms with van der Waals surface area (Å²) < 4.78 is 52.2. The van der Waals surface area contributed by atoms with Gasteiger partial charge < -0.3 is 5.32 Å². The molecule has 29 heavy (non-hydrogen) atoms. The Hall–Kier alpha value is -2.27. The molecule has 10 heteroatoms. The number of rotatable bonds is 7. The van der Waals surface area contributed by atoms with Crippen LogP contribution in [0.4, 0.5) is 5.69 Å². The number of nitrogens with zero attached hydrogens (tertiary/aromatic N) is 2. The molecule has 0 aliphatic heterocycles. The molecule has 8 nitrogen and oxygen atoms in total. The first-order chi connectivity index (χ1) is 13.4. The number of anilines is 1. The second kappa shape index (κ2) is 8.62. The maximum atomic E-state index is 12.6. The Balaban J connectivity index is 2.31. The highest BCUT2D eigenvalue weighted by Crippen LogP contribution is 2.24. The third-order valence-electron chi connectivity index (χ3n) is 4.41. The van der Waals surface area contributed by atoms with E-state index in [-0.39, 0.29) is 27.1 Å². The van der Waals surface area contributed by atoms with Crippen LogP contribution in [0, 0.1) is 0 Å². The smallest absolute Gasteiger partial charge is 0.255 e. The molecule has 0 heterocycles. The number of hydrogen-bond donors (Lipinski definition) is 1. The van der Waals surface area contributed by atoms with E-state index in [2.05, 4.69) is 5.32 Å². The summed E-state index contributed by atoms with van der Waals surface area (Å²) in [5.74, 6) is -0.549. The monoisotopic (exact) mass is 439 g/mol. The van der Waals surface area contributed by atoms with Crippen molar-refractivity contribution in [1.82, 2.24) is 8.61 Å². The Morgan fingerprint density at radius 3 is 1.93 bits per heavy atom. The van der Waals surface area contributed by atoms with Crippen molar-refractivity contribution in [3.8, 4) is 0 Å². The first-order valence-corrected chi connectivity index (χ1v) is 11.7.